The SMILES string of the molecule is CCCn1c(SCC(=O)Nc2cccc(N3CCCC3=O)c2)nnc1-c1ccncc1. The fraction of sp³-hybridized carbons (Fsp3) is 0.318. The number of nitrogens with zero attached hydrogens (tertiary/aromatic N) is 5. The van der Waals surface area contributed by atoms with Crippen LogP contribution in [0.2, 0.25) is 0 Å². The molecule has 0 spiro atoms. The molecule has 2 amide bonds. The maximum atomic E-state index is 12.6. The number of benzene rings is 1. The molecule has 1 saturated heterocycles. The van der Waals surface area contributed by atoms with Gasteiger partial charge in [-0.1, -0.05) is 24.8 Å². The van der Waals surface area contributed by atoms with Crippen LogP contribution in [0.15, 0.2) is 53.9 Å². The van der Waals surface area contributed by atoms with Gasteiger partial charge in [-0.2, -0.15) is 0 Å². The van der Waals surface area contributed by atoms with Crippen molar-refractivity contribution in [2.75, 3.05) is 22.5 Å². The predicted molar refractivity (Wildman–Crippen MR) is 121 cm³/mol. The Hall–Kier alpha value is -3.20. The zero-order chi connectivity index (χ0) is 21.6. The van der Waals surface area contributed by atoms with Crippen molar-refractivity contribution in [3.8, 4) is 11.4 Å². The Morgan fingerprint density at radius 3 is 2.77 bits per heavy atom. The molecule has 0 saturated carbocycles. The fourth-order valence-corrected chi connectivity index (χ4v) is 4.30. The van der Waals surface area contributed by atoms with Crippen molar-refractivity contribution in [1.82, 2.24) is 19.7 Å². The van der Waals surface area contributed by atoms with Crippen molar-refractivity contribution in [3.05, 3.63) is 48.8 Å². The highest BCUT2D eigenvalue weighted by atomic mass is 32.2. The van der Waals surface area contributed by atoms with Crippen molar-refractivity contribution in [1.29, 1.82) is 0 Å². The molecule has 0 unspecified atom stereocenters. The van der Waals surface area contributed by atoms with Crippen molar-refractivity contribution in [2.45, 2.75) is 37.9 Å². The molecule has 0 radical (unpaired) electrons. The normalized spacial score (nSPS) is 13.6. The summed E-state index contributed by atoms with van der Waals surface area (Å²) in [6.07, 6.45) is 5.83. The first-order valence-corrected chi connectivity index (χ1v) is 11.3. The molecule has 2 aromatic heterocycles. The number of rotatable bonds is 8. The van der Waals surface area contributed by atoms with Crippen LogP contribution in [0.4, 0.5) is 11.4 Å². The molecule has 160 valence electrons. The monoisotopic (exact) mass is 436 g/mol. The molecule has 1 N–H and O–H groups in total. The molecule has 1 aromatic carbocycles. The van der Waals surface area contributed by atoms with Gasteiger partial charge in [0, 0.05) is 48.8 Å². The van der Waals surface area contributed by atoms with Crippen LogP contribution in [0.5, 0.6) is 0 Å². The molecule has 31 heavy (non-hydrogen) atoms. The molecule has 3 heterocycles. The minimum Gasteiger partial charge on any atom is -0.325 e. The molecule has 0 aliphatic carbocycles. The lowest BCUT2D eigenvalue weighted by molar-refractivity contribution is -0.117. The van der Waals surface area contributed by atoms with Crippen molar-refractivity contribution >= 4 is 35.0 Å². The Labute approximate surface area is 185 Å². The minimum absolute atomic E-state index is 0.124. The molecular weight excluding hydrogens is 412 g/mol. The van der Waals surface area contributed by atoms with Crippen LogP contribution in [0.3, 0.4) is 0 Å². The second-order valence-corrected chi connectivity index (χ2v) is 8.17. The Balaban J connectivity index is 1.41. The van der Waals surface area contributed by atoms with E-state index in [2.05, 4.69) is 27.4 Å². The third-order valence-corrected chi connectivity index (χ3v) is 5.92. The lowest BCUT2D eigenvalue weighted by Gasteiger charge is -2.16. The summed E-state index contributed by atoms with van der Waals surface area (Å²) in [7, 11) is 0. The van der Waals surface area contributed by atoms with E-state index in [1.165, 1.54) is 11.8 Å². The first-order valence-electron chi connectivity index (χ1n) is 10.3. The van der Waals surface area contributed by atoms with Crippen LogP contribution in [0.25, 0.3) is 11.4 Å². The molecule has 1 fully saturated rings. The summed E-state index contributed by atoms with van der Waals surface area (Å²) in [4.78, 5) is 30.3. The predicted octanol–water partition coefficient (Wildman–Crippen LogP) is 3.61. The van der Waals surface area contributed by atoms with Gasteiger partial charge in [-0.3, -0.25) is 14.6 Å². The molecule has 3 aromatic rings. The second kappa shape index (κ2) is 9.74. The Kier molecular flexibility index (Phi) is 6.61. The Morgan fingerprint density at radius 1 is 1.19 bits per heavy atom. The topological polar surface area (TPSA) is 93.0 Å². The maximum absolute atomic E-state index is 12.6. The van der Waals surface area contributed by atoms with Gasteiger partial charge in [0.2, 0.25) is 11.8 Å². The van der Waals surface area contributed by atoms with Gasteiger partial charge in [-0.05, 0) is 43.2 Å². The number of thioether (sulfide) groups is 1. The molecule has 1 aliphatic heterocycles. The Bertz CT molecular complexity index is 1070. The largest absolute Gasteiger partial charge is 0.325 e. The van der Waals surface area contributed by atoms with Crippen LogP contribution in [-0.2, 0) is 16.1 Å². The number of amides is 2. The molecule has 4 rings (SSSR count). The number of carbonyl (C=O) groups is 2. The number of anilines is 2. The lowest BCUT2D eigenvalue weighted by atomic mass is 10.2. The zero-order valence-corrected chi connectivity index (χ0v) is 18.1. The van der Waals surface area contributed by atoms with Crippen LogP contribution in [0.1, 0.15) is 26.2 Å². The van der Waals surface area contributed by atoms with E-state index in [1.807, 2.05) is 41.0 Å². The highest BCUT2D eigenvalue weighted by Crippen LogP contribution is 2.26. The van der Waals surface area contributed by atoms with E-state index in [1.54, 1.807) is 17.3 Å². The highest BCUT2D eigenvalue weighted by Gasteiger charge is 2.22. The van der Waals surface area contributed by atoms with Crippen LogP contribution in [0, 0.1) is 0 Å². The minimum atomic E-state index is -0.133. The summed E-state index contributed by atoms with van der Waals surface area (Å²) in [5.74, 6) is 0.978. The van der Waals surface area contributed by atoms with Gasteiger partial charge in [0.1, 0.15) is 0 Å². The first-order chi connectivity index (χ1) is 15.2. The molecule has 9 heteroatoms. The number of aromatic nitrogens is 4. The summed E-state index contributed by atoms with van der Waals surface area (Å²) in [6, 6.07) is 11.2. The van der Waals surface area contributed by atoms with Gasteiger partial charge < -0.3 is 14.8 Å². The van der Waals surface area contributed by atoms with E-state index >= 15 is 0 Å². The Morgan fingerprint density at radius 2 is 2.03 bits per heavy atom. The van der Waals surface area contributed by atoms with E-state index in [-0.39, 0.29) is 17.6 Å². The fourth-order valence-electron chi connectivity index (χ4n) is 3.54. The van der Waals surface area contributed by atoms with E-state index in [9.17, 15) is 9.59 Å². The van der Waals surface area contributed by atoms with Crippen molar-refractivity contribution in [2.24, 2.45) is 0 Å². The highest BCUT2D eigenvalue weighted by molar-refractivity contribution is 7.99. The summed E-state index contributed by atoms with van der Waals surface area (Å²) in [5.41, 5.74) is 2.44. The van der Waals surface area contributed by atoms with E-state index in [0.717, 1.165) is 43.0 Å². The number of nitrogens with one attached hydrogen (secondary N) is 1. The summed E-state index contributed by atoms with van der Waals surface area (Å²) in [5, 5.41) is 12.2. The first kappa shape index (κ1) is 21.0. The van der Waals surface area contributed by atoms with Gasteiger partial charge >= 0.3 is 0 Å². The lowest BCUT2D eigenvalue weighted by Crippen LogP contribution is -2.23. The van der Waals surface area contributed by atoms with E-state index in [4.69, 9.17) is 0 Å². The number of hydrogen-bond acceptors (Lipinski definition) is 6. The second-order valence-electron chi connectivity index (χ2n) is 7.23. The third kappa shape index (κ3) is 4.93. The molecule has 0 atom stereocenters. The summed E-state index contributed by atoms with van der Waals surface area (Å²) >= 11 is 1.36. The van der Waals surface area contributed by atoms with Gasteiger partial charge in [-0.25, -0.2) is 0 Å². The van der Waals surface area contributed by atoms with Gasteiger partial charge in [0.05, 0.1) is 5.75 Å². The smallest absolute Gasteiger partial charge is 0.234 e. The average Bonchev–Trinajstić information content (AvgIpc) is 3.39. The van der Waals surface area contributed by atoms with Gasteiger partial charge in [0.15, 0.2) is 11.0 Å². The van der Waals surface area contributed by atoms with Crippen molar-refractivity contribution in [3.63, 3.8) is 0 Å². The molecule has 8 nitrogen and oxygen atoms in total. The standard InChI is InChI=1S/C22H24N6O2S/c1-2-12-28-21(16-8-10-23-11-9-16)25-26-22(28)31-15-19(29)24-17-5-3-6-18(14-17)27-13-4-7-20(27)30/h3,5-6,8-11,14H,2,4,7,12-13,15H2,1H3,(H,24,29). The number of hydrogen-bond donors (Lipinski definition) is 1. The quantitative estimate of drug-likeness (QED) is 0.542. The average molecular weight is 437 g/mol. The van der Waals surface area contributed by atoms with Crippen LogP contribution < -0.4 is 10.2 Å². The maximum Gasteiger partial charge on any atom is 0.234 e. The van der Waals surface area contributed by atoms with Crippen LogP contribution in [-0.4, -0.2) is 43.9 Å². The van der Waals surface area contributed by atoms with Crippen LogP contribution >= 0.6 is 11.8 Å². The zero-order valence-electron chi connectivity index (χ0n) is 17.3. The molecule has 1 aliphatic rings. The van der Waals surface area contributed by atoms with E-state index in [0.29, 0.717) is 17.3 Å². The number of carbonyl (C=O) groups excluding carboxylic acids is 2. The molecular formula is C22H24N6O2S. The van der Waals surface area contributed by atoms with Crippen molar-refractivity contribution < 1.29 is 9.59 Å². The third-order valence-electron chi connectivity index (χ3n) is 4.95. The summed E-state index contributed by atoms with van der Waals surface area (Å²) < 4.78 is 2.03. The summed E-state index contributed by atoms with van der Waals surface area (Å²) in [6.45, 7) is 3.58. The van der Waals surface area contributed by atoms with E-state index < -0.39 is 0 Å². The number of pyridine rings is 1. The van der Waals surface area contributed by atoms with Gasteiger partial charge in [-0.15, -0.1) is 10.2 Å². The van der Waals surface area contributed by atoms with Gasteiger partial charge in [0.25, 0.3) is 0 Å². The molecule has 0 bridgehead atoms.